The summed E-state index contributed by atoms with van der Waals surface area (Å²) in [7, 11) is 0. The third kappa shape index (κ3) is 4.11. The van der Waals surface area contributed by atoms with Crippen LogP contribution < -0.4 is 5.32 Å². The van der Waals surface area contributed by atoms with Gasteiger partial charge in [-0.05, 0) is 53.7 Å². The first kappa shape index (κ1) is 15.1. The lowest BCUT2D eigenvalue weighted by Crippen LogP contribution is -1.93. The molecule has 0 saturated heterocycles. The molecule has 0 amide bonds. The highest BCUT2D eigenvalue weighted by Crippen LogP contribution is 2.29. The van der Waals surface area contributed by atoms with Crippen LogP contribution in [0.2, 0.25) is 0 Å². The van der Waals surface area contributed by atoms with E-state index in [1.54, 1.807) is 23.1 Å². The van der Waals surface area contributed by atoms with E-state index < -0.39 is 0 Å². The van der Waals surface area contributed by atoms with Gasteiger partial charge < -0.3 is 5.32 Å². The molecule has 22 heavy (non-hydrogen) atoms. The summed E-state index contributed by atoms with van der Waals surface area (Å²) in [5.41, 5.74) is 2.39. The Morgan fingerprint density at radius 3 is 2.82 bits per heavy atom. The van der Waals surface area contributed by atoms with Crippen molar-refractivity contribution in [2.45, 2.75) is 35.6 Å². The molecule has 0 unspecified atom stereocenters. The van der Waals surface area contributed by atoms with Gasteiger partial charge in [0.25, 0.3) is 0 Å². The maximum absolute atomic E-state index is 4.44. The van der Waals surface area contributed by atoms with Gasteiger partial charge in [0.15, 0.2) is 0 Å². The molecule has 0 aliphatic rings. The van der Waals surface area contributed by atoms with Gasteiger partial charge in [0.05, 0.1) is 4.21 Å². The Hall–Kier alpha value is -1.79. The van der Waals surface area contributed by atoms with Crippen molar-refractivity contribution >= 4 is 34.7 Å². The van der Waals surface area contributed by atoms with Crippen molar-refractivity contribution in [3.05, 3.63) is 47.3 Å². The summed E-state index contributed by atoms with van der Waals surface area (Å²) in [6.45, 7) is 2.21. The SMILES string of the molecule is CCCCc1ccc(Nc2nc(Sc3cccs3)n[nH]2)cc1. The number of thiophene rings is 1. The zero-order valence-corrected chi connectivity index (χ0v) is 14.0. The van der Waals surface area contributed by atoms with E-state index in [1.807, 2.05) is 11.4 Å². The number of anilines is 2. The largest absolute Gasteiger partial charge is 0.325 e. The number of aromatic nitrogens is 3. The monoisotopic (exact) mass is 330 g/mol. The molecular weight excluding hydrogens is 312 g/mol. The molecule has 6 heteroatoms. The van der Waals surface area contributed by atoms with E-state index in [0.29, 0.717) is 5.95 Å². The maximum Gasteiger partial charge on any atom is 0.223 e. The molecule has 2 N–H and O–H groups in total. The number of nitrogens with zero attached hydrogens (tertiary/aromatic N) is 2. The average molecular weight is 330 g/mol. The Morgan fingerprint density at radius 1 is 1.23 bits per heavy atom. The van der Waals surface area contributed by atoms with E-state index in [1.165, 1.54) is 22.6 Å². The van der Waals surface area contributed by atoms with Crippen molar-refractivity contribution in [3.8, 4) is 0 Å². The minimum atomic E-state index is 0.667. The molecule has 0 radical (unpaired) electrons. The summed E-state index contributed by atoms with van der Waals surface area (Å²) in [6, 6.07) is 12.6. The summed E-state index contributed by atoms with van der Waals surface area (Å²) >= 11 is 3.25. The first-order chi connectivity index (χ1) is 10.8. The number of unbranched alkanes of at least 4 members (excludes halogenated alkanes) is 1. The van der Waals surface area contributed by atoms with Crippen LogP contribution in [0.3, 0.4) is 0 Å². The van der Waals surface area contributed by atoms with Gasteiger partial charge in [-0.2, -0.15) is 4.98 Å². The van der Waals surface area contributed by atoms with Gasteiger partial charge in [-0.15, -0.1) is 16.4 Å². The number of rotatable bonds is 7. The number of nitrogens with one attached hydrogen (secondary N) is 2. The van der Waals surface area contributed by atoms with Crippen molar-refractivity contribution in [2.24, 2.45) is 0 Å². The van der Waals surface area contributed by atoms with E-state index in [4.69, 9.17) is 0 Å². The molecule has 0 saturated carbocycles. The second-order valence-electron chi connectivity index (χ2n) is 4.93. The Balaban J connectivity index is 1.60. The van der Waals surface area contributed by atoms with Crippen LogP contribution in [0, 0.1) is 0 Å². The molecule has 0 atom stereocenters. The highest BCUT2D eigenvalue weighted by atomic mass is 32.2. The normalized spacial score (nSPS) is 10.8. The summed E-state index contributed by atoms with van der Waals surface area (Å²) in [6.07, 6.45) is 3.60. The van der Waals surface area contributed by atoms with Crippen LogP contribution in [0.15, 0.2) is 51.1 Å². The molecule has 0 spiro atoms. The van der Waals surface area contributed by atoms with E-state index in [2.05, 4.69) is 57.8 Å². The predicted molar refractivity (Wildman–Crippen MR) is 93.2 cm³/mol. The lowest BCUT2D eigenvalue weighted by molar-refractivity contribution is 0.795. The number of hydrogen-bond acceptors (Lipinski definition) is 5. The molecule has 3 rings (SSSR count). The lowest BCUT2D eigenvalue weighted by atomic mass is 10.1. The van der Waals surface area contributed by atoms with Gasteiger partial charge >= 0.3 is 0 Å². The van der Waals surface area contributed by atoms with Crippen LogP contribution >= 0.6 is 23.1 Å². The fourth-order valence-corrected chi connectivity index (χ4v) is 3.62. The number of H-pyrrole nitrogens is 1. The molecule has 0 aliphatic carbocycles. The minimum Gasteiger partial charge on any atom is -0.325 e. The molecule has 114 valence electrons. The van der Waals surface area contributed by atoms with Crippen molar-refractivity contribution < 1.29 is 0 Å². The fourth-order valence-electron chi connectivity index (χ4n) is 2.03. The van der Waals surface area contributed by atoms with Crippen LogP contribution in [0.25, 0.3) is 0 Å². The molecule has 2 heterocycles. The van der Waals surface area contributed by atoms with Crippen molar-refractivity contribution in [3.63, 3.8) is 0 Å². The highest BCUT2D eigenvalue weighted by molar-refractivity contribution is 8.01. The number of aryl methyl sites for hydroxylation is 1. The molecule has 0 fully saturated rings. The van der Waals surface area contributed by atoms with Crippen LogP contribution in [0.4, 0.5) is 11.6 Å². The fraction of sp³-hybridized carbons (Fsp3) is 0.250. The predicted octanol–water partition coefficient (Wildman–Crippen LogP) is 5.10. The second-order valence-corrected chi connectivity index (χ2v) is 7.14. The first-order valence-electron chi connectivity index (χ1n) is 7.33. The standard InChI is InChI=1S/C16H18N4S2/c1-2-3-5-12-7-9-13(10-8-12)17-15-18-16(20-19-15)22-14-6-4-11-21-14/h4,6-11H,2-3,5H2,1H3,(H2,17,18,19,20). The van der Waals surface area contributed by atoms with Crippen molar-refractivity contribution in [1.29, 1.82) is 0 Å². The number of aromatic amines is 1. The van der Waals surface area contributed by atoms with Crippen molar-refractivity contribution in [1.82, 2.24) is 15.2 Å². The summed E-state index contributed by atoms with van der Waals surface area (Å²) < 4.78 is 1.19. The smallest absolute Gasteiger partial charge is 0.223 e. The Labute approximate surface area is 138 Å². The average Bonchev–Trinajstić information content (AvgIpc) is 3.19. The van der Waals surface area contributed by atoms with Gasteiger partial charge in [-0.3, -0.25) is 0 Å². The van der Waals surface area contributed by atoms with Gasteiger partial charge in [0.1, 0.15) is 0 Å². The highest BCUT2D eigenvalue weighted by Gasteiger charge is 2.06. The zero-order chi connectivity index (χ0) is 15.2. The molecule has 4 nitrogen and oxygen atoms in total. The van der Waals surface area contributed by atoms with Crippen LogP contribution in [-0.4, -0.2) is 15.2 Å². The number of hydrogen-bond donors (Lipinski definition) is 2. The Bertz CT molecular complexity index is 689. The third-order valence-corrected chi connectivity index (χ3v) is 5.09. The second kappa shape index (κ2) is 7.47. The van der Waals surface area contributed by atoms with Gasteiger partial charge in [0, 0.05) is 5.69 Å². The first-order valence-corrected chi connectivity index (χ1v) is 9.03. The van der Waals surface area contributed by atoms with E-state index in [-0.39, 0.29) is 0 Å². The van der Waals surface area contributed by atoms with E-state index in [9.17, 15) is 0 Å². The van der Waals surface area contributed by atoms with Crippen LogP contribution in [-0.2, 0) is 6.42 Å². The third-order valence-electron chi connectivity index (χ3n) is 3.19. The zero-order valence-electron chi connectivity index (χ0n) is 12.4. The summed E-state index contributed by atoms with van der Waals surface area (Å²) in [4.78, 5) is 4.44. The van der Waals surface area contributed by atoms with Crippen molar-refractivity contribution in [2.75, 3.05) is 5.32 Å². The Morgan fingerprint density at radius 2 is 2.09 bits per heavy atom. The minimum absolute atomic E-state index is 0.667. The summed E-state index contributed by atoms with van der Waals surface area (Å²) in [5, 5.41) is 13.2. The van der Waals surface area contributed by atoms with E-state index in [0.717, 1.165) is 17.3 Å². The molecule has 1 aromatic carbocycles. The van der Waals surface area contributed by atoms with Crippen LogP contribution in [0.1, 0.15) is 25.3 Å². The lowest BCUT2D eigenvalue weighted by Gasteiger charge is -2.04. The molecule has 3 aromatic rings. The topological polar surface area (TPSA) is 53.6 Å². The van der Waals surface area contributed by atoms with Gasteiger partial charge in [0.2, 0.25) is 11.1 Å². The quantitative estimate of drug-likeness (QED) is 0.632. The van der Waals surface area contributed by atoms with Crippen LogP contribution in [0.5, 0.6) is 0 Å². The van der Waals surface area contributed by atoms with Gasteiger partial charge in [-0.25, -0.2) is 5.10 Å². The maximum atomic E-state index is 4.44. The Kier molecular flexibility index (Phi) is 5.13. The van der Waals surface area contributed by atoms with E-state index >= 15 is 0 Å². The van der Waals surface area contributed by atoms with Gasteiger partial charge in [-0.1, -0.05) is 31.5 Å². The molecule has 0 aliphatic heterocycles. The molecule has 2 aromatic heterocycles. The molecule has 0 bridgehead atoms. The number of benzene rings is 1. The summed E-state index contributed by atoms with van der Waals surface area (Å²) in [5.74, 6) is 0.667. The molecular formula is C16H18N4S2.